The van der Waals surface area contributed by atoms with Crippen LogP contribution in [0.4, 0.5) is 0 Å². The van der Waals surface area contributed by atoms with Crippen LogP contribution in [0.1, 0.15) is 30.1 Å². The molecule has 11 heteroatoms. The number of oxazole rings is 1. The van der Waals surface area contributed by atoms with E-state index in [0.29, 0.717) is 49.0 Å². The van der Waals surface area contributed by atoms with E-state index >= 15 is 0 Å². The number of carbonyl (C=O) groups excluding carboxylic acids is 2. The Morgan fingerprint density at radius 3 is 2.72 bits per heavy atom. The molecule has 0 atom stereocenters. The Morgan fingerprint density at radius 2 is 2.09 bits per heavy atom. The van der Waals surface area contributed by atoms with Crippen LogP contribution in [0.25, 0.3) is 0 Å². The second-order valence-corrected chi connectivity index (χ2v) is 7.76. The molecule has 0 saturated carbocycles. The fourth-order valence-electron chi connectivity index (χ4n) is 3.37. The van der Waals surface area contributed by atoms with Crippen molar-refractivity contribution in [2.24, 2.45) is 11.7 Å². The number of hydrogen-bond acceptors (Lipinski definition) is 8. The van der Waals surface area contributed by atoms with Gasteiger partial charge in [-0.3, -0.25) is 9.59 Å². The number of nitrogens with one attached hydrogen (secondary N) is 2. The van der Waals surface area contributed by atoms with Crippen LogP contribution in [0.3, 0.4) is 0 Å². The van der Waals surface area contributed by atoms with Gasteiger partial charge in [-0.25, -0.2) is 9.97 Å². The summed E-state index contributed by atoms with van der Waals surface area (Å²) < 4.78 is 10.4. The highest BCUT2D eigenvalue weighted by Gasteiger charge is 2.28. The molecule has 170 valence electrons. The number of piperidine rings is 1. The number of hydrogen-bond donors (Lipinski definition) is 3. The minimum Gasteiger partial charge on any atom is -0.481 e. The lowest BCUT2D eigenvalue weighted by Gasteiger charge is -2.31. The number of methoxy groups -OCH3 is 1. The average Bonchev–Trinajstić information content (AvgIpc) is 3.22. The van der Waals surface area contributed by atoms with Crippen molar-refractivity contribution >= 4 is 29.1 Å². The van der Waals surface area contributed by atoms with Gasteiger partial charge in [-0.05, 0) is 18.9 Å². The van der Waals surface area contributed by atoms with Gasteiger partial charge in [0.2, 0.25) is 11.8 Å². The maximum absolute atomic E-state index is 12.7. The van der Waals surface area contributed by atoms with Crippen molar-refractivity contribution in [2.75, 3.05) is 20.2 Å². The molecule has 0 aliphatic carbocycles. The van der Waals surface area contributed by atoms with Crippen LogP contribution in [0, 0.1) is 18.3 Å². The van der Waals surface area contributed by atoms with Crippen LogP contribution >= 0.6 is 11.6 Å². The Bertz CT molecular complexity index is 1040. The van der Waals surface area contributed by atoms with Crippen molar-refractivity contribution in [3.05, 3.63) is 52.5 Å². The molecule has 3 rings (SSSR count). The van der Waals surface area contributed by atoms with E-state index in [0.717, 1.165) is 0 Å². The van der Waals surface area contributed by atoms with Crippen molar-refractivity contribution < 1.29 is 18.7 Å². The number of pyridine rings is 1. The first-order valence-corrected chi connectivity index (χ1v) is 10.4. The molecule has 3 heterocycles. The van der Waals surface area contributed by atoms with Gasteiger partial charge < -0.3 is 30.5 Å². The number of aromatic nitrogens is 2. The van der Waals surface area contributed by atoms with Crippen LogP contribution in [0.15, 0.2) is 34.7 Å². The first-order chi connectivity index (χ1) is 15.3. The molecule has 1 fully saturated rings. The summed E-state index contributed by atoms with van der Waals surface area (Å²) in [5.41, 5.74) is 6.20. The summed E-state index contributed by atoms with van der Waals surface area (Å²) in [6, 6.07) is 1.50. The summed E-state index contributed by atoms with van der Waals surface area (Å²) in [5, 5.41) is 11.3. The molecule has 1 saturated heterocycles. The summed E-state index contributed by atoms with van der Waals surface area (Å²) in [5.74, 6) is 0.766. The van der Waals surface area contributed by atoms with Gasteiger partial charge in [0.05, 0.1) is 42.5 Å². The predicted molar refractivity (Wildman–Crippen MR) is 117 cm³/mol. The highest BCUT2D eigenvalue weighted by atomic mass is 35.5. The Balaban J connectivity index is 1.54. The van der Waals surface area contributed by atoms with Crippen LogP contribution in [0.2, 0.25) is 5.02 Å². The van der Waals surface area contributed by atoms with E-state index < -0.39 is 0 Å². The quantitative estimate of drug-likeness (QED) is 0.421. The second-order valence-electron chi connectivity index (χ2n) is 7.35. The van der Waals surface area contributed by atoms with Crippen molar-refractivity contribution in [1.29, 1.82) is 5.41 Å². The lowest BCUT2D eigenvalue weighted by molar-refractivity contribution is -0.132. The SMILES string of the molecule is COc1cc(C(=N)C=C(N)C(=O)N2CCC(C(=O)NCc3cnc(C)o3)CC2)c(Cl)cn1. The summed E-state index contributed by atoms with van der Waals surface area (Å²) in [4.78, 5) is 34.7. The number of allylic oxidation sites excluding steroid dienone is 1. The number of amides is 2. The molecular weight excluding hydrogens is 436 g/mol. The molecule has 4 N–H and O–H groups in total. The molecule has 32 heavy (non-hydrogen) atoms. The van der Waals surface area contributed by atoms with E-state index in [1.54, 1.807) is 18.0 Å². The topological polar surface area (TPSA) is 147 Å². The average molecular weight is 461 g/mol. The number of aryl methyl sites for hydroxylation is 1. The molecule has 1 aliphatic rings. The smallest absolute Gasteiger partial charge is 0.269 e. The van der Waals surface area contributed by atoms with E-state index in [1.807, 2.05) is 0 Å². The number of carbonyl (C=O) groups is 2. The molecule has 0 unspecified atom stereocenters. The molecule has 1 aliphatic heterocycles. The number of halogens is 1. The van der Waals surface area contributed by atoms with Crippen LogP contribution in [-0.2, 0) is 16.1 Å². The number of nitrogens with two attached hydrogens (primary N) is 1. The molecule has 2 aromatic heterocycles. The van der Waals surface area contributed by atoms with E-state index in [9.17, 15) is 9.59 Å². The highest BCUT2D eigenvalue weighted by molar-refractivity contribution is 6.34. The lowest BCUT2D eigenvalue weighted by Crippen LogP contribution is -2.44. The van der Waals surface area contributed by atoms with Crippen LogP contribution < -0.4 is 15.8 Å². The standard InChI is InChI=1S/C21H25ClN6O4/c1-12-25-9-14(32-12)10-27-20(29)13-3-5-28(6-4-13)21(30)18(24)8-17(23)15-7-19(31-2)26-11-16(15)22/h7-9,11,13,23H,3-6,10,24H2,1-2H3,(H,27,29). The van der Waals surface area contributed by atoms with Crippen molar-refractivity contribution in [2.45, 2.75) is 26.3 Å². The van der Waals surface area contributed by atoms with Gasteiger partial charge in [0.1, 0.15) is 5.76 Å². The second kappa shape index (κ2) is 10.3. The van der Waals surface area contributed by atoms with Gasteiger partial charge in [0.15, 0.2) is 5.89 Å². The first kappa shape index (κ1) is 23.3. The van der Waals surface area contributed by atoms with Crippen LogP contribution in [-0.4, -0.2) is 52.6 Å². The number of likely N-dealkylation sites (tertiary alicyclic amines) is 1. The number of nitrogens with zero attached hydrogens (tertiary/aromatic N) is 3. The Kier molecular flexibility index (Phi) is 7.47. The fourth-order valence-corrected chi connectivity index (χ4v) is 3.57. The fraction of sp³-hybridized carbons (Fsp3) is 0.381. The third kappa shape index (κ3) is 5.64. The van der Waals surface area contributed by atoms with E-state index in [-0.39, 0.29) is 40.7 Å². The molecule has 2 aromatic rings. The Hall–Kier alpha value is -3.40. The zero-order valence-corrected chi connectivity index (χ0v) is 18.6. The monoisotopic (exact) mass is 460 g/mol. The summed E-state index contributed by atoms with van der Waals surface area (Å²) >= 11 is 6.10. The zero-order valence-electron chi connectivity index (χ0n) is 17.9. The molecular formula is C21H25ClN6O4. The van der Waals surface area contributed by atoms with E-state index in [2.05, 4.69) is 15.3 Å². The minimum atomic E-state index is -0.386. The maximum Gasteiger partial charge on any atom is 0.269 e. The third-order valence-electron chi connectivity index (χ3n) is 5.14. The zero-order chi connectivity index (χ0) is 23.3. The van der Waals surface area contributed by atoms with E-state index in [1.165, 1.54) is 25.4 Å². The number of ether oxygens (including phenoxy) is 1. The van der Waals surface area contributed by atoms with Crippen molar-refractivity contribution in [1.82, 2.24) is 20.2 Å². The lowest BCUT2D eigenvalue weighted by atomic mass is 9.95. The summed E-state index contributed by atoms with van der Waals surface area (Å²) in [6.07, 6.45) is 5.26. The minimum absolute atomic E-state index is 0.0292. The van der Waals surface area contributed by atoms with Gasteiger partial charge in [0, 0.05) is 37.6 Å². The molecule has 0 spiro atoms. The van der Waals surface area contributed by atoms with Gasteiger partial charge in [0.25, 0.3) is 5.91 Å². The van der Waals surface area contributed by atoms with Gasteiger partial charge >= 0.3 is 0 Å². The predicted octanol–water partition coefficient (Wildman–Crippen LogP) is 1.81. The maximum atomic E-state index is 12.7. The van der Waals surface area contributed by atoms with Gasteiger partial charge in [-0.1, -0.05) is 11.6 Å². The molecule has 0 bridgehead atoms. The van der Waals surface area contributed by atoms with E-state index in [4.69, 9.17) is 31.9 Å². The van der Waals surface area contributed by atoms with Crippen LogP contribution in [0.5, 0.6) is 5.88 Å². The van der Waals surface area contributed by atoms with Crippen molar-refractivity contribution in [3.63, 3.8) is 0 Å². The Morgan fingerprint density at radius 1 is 1.38 bits per heavy atom. The highest BCUT2D eigenvalue weighted by Crippen LogP contribution is 2.21. The molecule has 2 amide bonds. The van der Waals surface area contributed by atoms with Gasteiger partial charge in [-0.2, -0.15) is 0 Å². The summed E-state index contributed by atoms with van der Waals surface area (Å²) in [7, 11) is 1.45. The first-order valence-electron chi connectivity index (χ1n) is 10.0. The molecule has 10 nitrogen and oxygen atoms in total. The largest absolute Gasteiger partial charge is 0.481 e. The summed E-state index contributed by atoms with van der Waals surface area (Å²) in [6.45, 7) is 2.80. The van der Waals surface area contributed by atoms with Crippen molar-refractivity contribution in [3.8, 4) is 5.88 Å². The Labute approximate surface area is 190 Å². The molecule has 0 aromatic carbocycles. The number of rotatable bonds is 7. The molecule has 0 radical (unpaired) electrons. The third-order valence-corrected chi connectivity index (χ3v) is 5.44. The van der Waals surface area contributed by atoms with Gasteiger partial charge in [-0.15, -0.1) is 0 Å². The normalized spacial score (nSPS) is 14.8.